The fourth-order valence-corrected chi connectivity index (χ4v) is 1.64. The third-order valence-corrected chi connectivity index (χ3v) is 2.54. The second-order valence-electron chi connectivity index (χ2n) is 3.52. The van der Waals surface area contributed by atoms with Gasteiger partial charge in [0.2, 0.25) is 0 Å². The predicted molar refractivity (Wildman–Crippen MR) is 65.0 cm³/mol. The minimum atomic E-state index is -3.02. The van der Waals surface area contributed by atoms with Crippen LogP contribution in [0.15, 0.2) is 24.4 Å². The summed E-state index contributed by atoms with van der Waals surface area (Å²) in [7, 11) is 1.49. The molecule has 0 fully saturated rings. The molecule has 17 heavy (non-hydrogen) atoms. The number of aromatic nitrogens is 1. The maximum absolute atomic E-state index is 13.5. The van der Waals surface area contributed by atoms with Crippen molar-refractivity contribution in [3.05, 3.63) is 30.0 Å². The van der Waals surface area contributed by atoms with Crippen molar-refractivity contribution in [3.63, 3.8) is 0 Å². The topological polar surface area (TPSA) is 51.0 Å². The number of alkyl halides is 2. The lowest BCUT2D eigenvalue weighted by atomic mass is 10.1. The minimum absolute atomic E-state index is 0. The molecule has 6 heteroatoms. The molecule has 0 aliphatic heterocycles. The average molecular weight is 263 g/mol. The van der Waals surface area contributed by atoms with Gasteiger partial charge in [0.15, 0.2) is 0 Å². The summed E-state index contributed by atoms with van der Waals surface area (Å²) in [5.41, 5.74) is 5.61. The van der Waals surface area contributed by atoms with Crippen LogP contribution in [0, 0.1) is 0 Å². The smallest absolute Gasteiger partial charge is 0.287 e. The number of nitrogens with two attached hydrogens (primary N) is 1. The van der Waals surface area contributed by atoms with Crippen molar-refractivity contribution in [2.24, 2.45) is 5.73 Å². The van der Waals surface area contributed by atoms with Gasteiger partial charge in [-0.15, -0.1) is 12.4 Å². The first-order chi connectivity index (χ1) is 7.58. The molecule has 0 aliphatic carbocycles. The van der Waals surface area contributed by atoms with Gasteiger partial charge in [0.05, 0.1) is 13.7 Å². The van der Waals surface area contributed by atoms with Crippen LogP contribution in [-0.2, 0) is 5.92 Å². The monoisotopic (exact) mass is 262 g/mol. The summed E-state index contributed by atoms with van der Waals surface area (Å²) >= 11 is 0. The van der Waals surface area contributed by atoms with Gasteiger partial charge in [-0.25, -0.2) is 0 Å². The van der Waals surface area contributed by atoms with Crippen LogP contribution in [0.2, 0.25) is 0 Å². The quantitative estimate of drug-likeness (QED) is 0.893. The molecule has 94 valence electrons. The number of nitrogens with one attached hydrogen (secondary N) is 1. The van der Waals surface area contributed by atoms with E-state index in [0.717, 1.165) is 0 Å². The zero-order valence-electron chi connectivity index (χ0n) is 9.17. The molecule has 2 aromatic rings. The normalized spacial score (nSPS) is 11.3. The van der Waals surface area contributed by atoms with E-state index in [1.165, 1.54) is 13.3 Å². The van der Waals surface area contributed by atoms with E-state index in [9.17, 15) is 8.78 Å². The van der Waals surface area contributed by atoms with Crippen LogP contribution in [-0.4, -0.2) is 18.6 Å². The maximum atomic E-state index is 13.5. The lowest BCUT2D eigenvalue weighted by Gasteiger charge is -2.12. The van der Waals surface area contributed by atoms with Crippen LogP contribution >= 0.6 is 12.4 Å². The Labute approximate surface area is 103 Å². The van der Waals surface area contributed by atoms with E-state index in [4.69, 9.17) is 10.5 Å². The molecule has 0 unspecified atom stereocenters. The Morgan fingerprint density at radius 2 is 2.12 bits per heavy atom. The van der Waals surface area contributed by atoms with Gasteiger partial charge in [0.1, 0.15) is 5.75 Å². The molecule has 0 amide bonds. The summed E-state index contributed by atoms with van der Waals surface area (Å²) in [6.45, 7) is -0.711. The molecule has 0 atom stereocenters. The molecule has 2 rings (SSSR count). The van der Waals surface area contributed by atoms with E-state index in [1.54, 1.807) is 18.2 Å². The number of ether oxygens (including phenoxy) is 1. The Kier molecular flexibility index (Phi) is 3.95. The molecule has 3 N–H and O–H groups in total. The van der Waals surface area contributed by atoms with E-state index in [1.807, 2.05) is 0 Å². The highest BCUT2D eigenvalue weighted by molar-refractivity contribution is 5.85. The summed E-state index contributed by atoms with van der Waals surface area (Å²) < 4.78 is 32.0. The van der Waals surface area contributed by atoms with Crippen molar-refractivity contribution < 1.29 is 13.5 Å². The second kappa shape index (κ2) is 4.89. The first-order valence-corrected chi connectivity index (χ1v) is 4.82. The second-order valence-corrected chi connectivity index (χ2v) is 3.52. The zero-order chi connectivity index (χ0) is 11.8. The number of benzene rings is 1. The Morgan fingerprint density at radius 3 is 2.71 bits per heavy atom. The molecular weight excluding hydrogens is 250 g/mol. The van der Waals surface area contributed by atoms with Gasteiger partial charge >= 0.3 is 0 Å². The van der Waals surface area contributed by atoms with Crippen LogP contribution in [0.25, 0.3) is 10.9 Å². The average Bonchev–Trinajstić information content (AvgIpc) is 2.72. The van der Waals surface area contributed by atoms with Crippen molar-refractivity contribution in [1.29, 1.82) is 0 Å². The van der Waals surface area contributed by atoms with Gasteiger partial charge < -0.3 is 15.5 Å². The molecule has 0 radical (unpaired) electrons. The number of rotatable bonds is 3. The summed E-state index contributed by atoms with van der Waals surface area (Å²) in [4.78, 5) is 2.79. The Hall–Kier alpha value is -1.33. The molecule has 0 bridgehead atoms. The van der Waals surface area contributed by atoms with Gasteiger partial charge in [0.25, 0.3) is 5.92 Å². The number of hydrogen-bond donors (Lipinski definition) is 2. The number of aromatic amines is 1. The summed E-state index contributed by atoms with van der Waals surface area (Å²) in [6.07, 6.45) is 1.29. The predicted octanol–water partition coefficient (Wildman–Crippen LogP) is 2.65. The van der Waals surface area contributed by atoms with Crippen molar-refractivity contribution in [2.75, 3.05) is 13.7 Å². The van der Waals surface area contributed by atoms with E-state index in [0.29, 0.717) is 16.7 Å². The lowest BCUT2D eigenvalue weighted by Crippen LogP contribution is -2.24. The van der Waals surface area contributed by atoms with Crippen molar-refractivity contribution >= 4 is 23.3 Å². The Morgan fingerprint density at radius 1 is 1.41 bits per heavy atom. The summed E-state index contributed by atoms with van der Waals surface area (Å²) in [5.74, 6) is -2.48. The van der Waals surface area contributed by atoms with Crippen LogP contribution in [0.3, 0.4) is 0 Å². The van der Waals surface area contributed by atoms with Gasteiger partial charge in [-0.05, 0) is 18.2 Å². The van der Waals surface area contributed by atoms with Crippen molar-refractivity contribution in [2.45, 2.75) is 5.92 Å². The molecule has 1 heterocycles. The highest BCUT2D eigenvalue weighted by atomic mass is 35.5. The highest BCUT2D eigenvalue weighted by Gasteiger charge is 2.32. The van der Waals surface area contributed by atoms with Gasteiger partial charge in [-0.1, -0.05) is 0 Å². The zero-order valence-corrected chi connectivity index (χ0v) is 9.98. The van der Waals surface area contributed by atoms with Crippen LogP contribution < -0.4 is 10.5 Å². The number of H-pyrrole nitrogens is 1. The van der Waals surface area contributed by atoms with Crippen LogP contribution in [0.1, 0.15) is 5.56 Å². The third kappa shape index (κ3) is 2.35. The molecule has 0 spiro atoms. The maximum Gasteiger partial charge on any atom is 0.287 e. The molecule has 0 saturated carbocycles. The SMILES string of the molecule is COc1ccc2[nH]cc(C(F)(F)CN)c2c1.Cl. The fraction of sp³-hybridized carbons (Fsp3) is 0.273. The lowest BCUT2D eigenvalue weighted by molar-refractivity contribution is 0.00754. The molecular formula is C11H13ClF2N2O. The molecule has 1 aromatic heterocycles. The summed E-state index contributed by atoms with van der Waals surface area (Å²) in [5, 5.41) is 0.440. The number of halogens is 3. The summed E-state index contributed by atoms with van der Waals surface area (Å²) in [6, 6.07) is 4.98. The molecule has 3 nitrogen and oxygen atoms in total. The number of fused-ring (bicyclic) bond motifs is 1. The van der Waals surface area contributed by atoms with E-state index in [2.05, 4.69) is 4.98 Å². The Balaban J connectivity index is 0.00000144. The van der Waals surface area contributed by atoms with Gasteiger partial charge in [-0.2, -0.15) is 8.78 Å². The van der Waals surface area contributed by atoms with Crippen molar-refractivity contribution in [3.8, 4) is 5.75 Å². The van der Waals surface area contributed by atoms with Gasteiger partial charge in [0, 0.05) is 22.7 Å². The molecule has 1 aromatic carbocycles. The van der Waals surface area contributed by atoms with E-state index >= 15 is 0 Å². The van der Waals surface area contributed by atoms with Crippen LogP contribution in [0.4, 0.5) is 8.78 Å². The number of hydrogen-bond acceptors (Lipinski definition) is 2. The fourth-order valence-electron chi connectivity index (χ4n) is 1.64. The first-order valence-electron chi connectivity index (χ1n) is 4.82. The van der Waals surface area contributed by atoms with Crippen molar-refractivity contribution in [1.82, 2.24) is 4.98 Å². The van der Waals surface area contributed by atoms with E-state index in [-0.39, 0.29) is 18.0 Å². The molecule has 0 aliphatic rings. The number of methoxy groups -OCH3 is 1. The Bertz CT molecular complexity index is 513. The van der Waals surface area contributed by atoms with Crippen LogP contribution in [0.5, 0.6) is 5.75 Å². The standard InChI is InChI=1S/C11H12F2N2O.ClH/c1-16-7-2-3-10-8(4-7)9(5-15-10)11(12,13)6-14;/h2-5,15H,6,14H2,1H3;1H. The van der Waals surface area contributed by atoms with Gasteiger partial charge in [-0.3, -0.25) is 0 Å². The van der Waals surface area contributed by atoms with E-state index < -0.39 is 12.5 Å². The molecule has 0 saturated heterocycles. The minimum Gasteiger partial charge on any atom is -0.497 e. The third-order valence-electron chi connectivity index (χ3n) is 2.54. The first kappa shape index (κ1) is 13.7. The highest BCUT2D eigenvalue weighted by Crippen LogP contribution is 2.34. The largest absolute Gasteiger partial charge is 0.497 e.